The van der Waals surface area contributed by atoms with Crippen LogP contribution in [-0.2, 0) is 20.9 Å². The van der Waals surface area contributed by atoms with Gasteiger partial charge in [-0.2, -0.15) is 0 Å². The molecule has 1 heterocycles. The molecule has 0 aromatic heterocycles. The average Bonchev–Trinajstić information content (AvgIpc) is 3.07. The number of hydrogen-bond acceptors (Lipinski definition) is 4. The number of carbonyl (C=O) groups excluding carboxylic acids is 2. The Hall–Kier alpha value is -2.30. The van der Waals surface area contributed by atoms with E-state index in [2.05, 4.69) is 19.1 Å². The molecule has 0 aliphatic carbocycles. The summed E-state index contributed by atoms with van der Waals surface area (Å²) in [5, 5.41) is 0. The molecule has 1 amide bonds. The third-order valence-electron chi connectivity index (χ3n) is 4.42. The maximum Gasteiger partial charge on any atom is 0.411 e. The highest BCUT2D eigenvalue weighted by Gasteiger charge is 2.41. The van der Waals surface area contributed by atoms with Crippen LogP contribution in [0.5, 0.6) is 0 Å². The van der Waals surface area contributed by atoms with Gasteiger partial charge in [0.2, 0.25) is 0 Å². The quantitative estimate of drug-likeness (QED) is 0.552. The van der Waals surface area contributed by atoms with Gasteiger partial charge in [-0.1, -0.05) is 55.8 Å². The summed E-state index contributed by atoms with van der Waals surface area (Å²) >= 11 is 0. The maximum absolute atomic E-state index is 12.6. The largest absolute Gasteiger partial charge is 0.467 e. The van der Waals surface area contributed by atoms with Gasteiger partial charge in [0.05, 0.1) is 7.11 Å². The van der Waals surface area contributed by atoms with Gasteiger partial charge in [0.1, 0.15) is 12.6 Å². The number of likely N-dealkylation sites (tertiary alicyclic amines) is 1. The number of nitrogens with zero attached hydrogens (tertiary/aromatic N) is 1. The van der Waals surface area contributed by atoms with Crippen LogP contribution < -0.4 is 0 Å². The van der Waals surface area contributed by atoms with E-state index in [9.17, 15) is 9.59 Å². The monoisotopic (exact) mass is 345 g/mol. The lowest BCUT2D eigenvalue weighted by Gasteiger charge is -2.27. The second kappa shape index (κ2) is 9.87. The number of methoxy groups -OCH3 is 1. The van der Waals surface area contributed by atoms with Crippen molar-refractivity contribution in [2.75, 3.05) is 7.11 Å². The van der Waals surface area contributed by atoms with Gasteiger partial charge in [-0.15, -0.1) is 0 Å². The van der Waals surface area contributed by atoms with Crippen molar-refractivity contribution in [3.05, 3.63) is 48.0 Å². The predicted octanol–water partition coefficient (Wildman–Crippen LogP) is 4.08. The fourth-order valence-electron chi connectivity index (χ4n) is 3.09. The molecule has 1 aromatic rings. The zero-order chi connectivity index (χ0) is 18.1. The highest BCUT2D eigenvalue weighted by molar-refractivity contribution is 5.82. The molecular formula is C20H27NO4. The first-order valence-electron chi connectivity index (χ1n) is 8.89. The van der Waals surface area contributed by atoms with E-state index in [1.165, 1.54) is 7.11 Å². The molecule has 5 heteroatoms. The standard InChI is InChI=1S/C20H27NO4/c1-3-4-5-9-12-17-13-14-18(19(22)24-2)21(17)20(23)25-15-16-10-7-6-8-11-16/h5-11,17-18H,3-4,12-15H2,1-2H3/b9-5-/t17-,18-/m1/s1. The van der Waals surface area contributed by atoms with Crippen molar-refractivity contribution in [2.24, 2.45) is 0 Å². The zero-order valence-corrected chi connectivity index (χ0v) is 15.0. The van der Waals surface area contributed by atoms with Crippen LogP contribution in [0.3, 0.4) is 0 Å². The summed E-state index contributed by atoms with van der Waals surface area (Å²) in [6.45, 7) is 2.32. The Morgan fingerprint density at radius 2 is 1.96 bits per heavy atom. The lowest BCUT2D eigenvalue weighted by Crippen LogP contribution is -2.45. The lowest BCUT2D eigenvalue weighted by molar-refractivity contribution is -0.145. The van der Waals surface area contributed by atoms with Gasteiger partial charge >= 0.3 is 12.1 Å². The fourth-order valence-corrected chi connectivity index (χ4v) is 3.09. The SMILES string of the molecule is CCC/C=C\C[C@@H]1CC[C@H](C(=O)OC)N1C(=O)OCc1ccccc1. The van der Waals surface area contributed by atoms with Crippen LogP contribution >= 0.6 is 0 Å². The molecule has 0 saturated carbocycles. The number of carbonyl (C=O) groups is 2. The molecular weight excluding hydrogens is 318 g/mol. The molecule has 5 nitrogen and oxygen atoms in total. The Kier molecular flexibility index (Phi) is 7.51. The average molecular weight is 345 g/mol. The zero-order valence-electron chi connectivity index (χ0n) is 15.0. The molecule has 0 unspecified atom stereocenters. The third kappa shape index (κ3) is 5.34. The number of benzene rings is 1. The number of hydrogen-bond donors (Lipinski definition) is 0. The predicted molar refractivity (Wildman–Crippen MR) is 96.0 cm³/mol. The second-order valence-corrected chi connectivity index (χ2v) is 6.21. The molecule has 0 bridgehead atoms. The van der Waals surface area contributed by atoms with E-state index in [0.717, 1.165) is 31.2 Å². The highest BCUT2D eigenvalue weighted by atomic mass is 16.6. The van der Waals surface area contributed by atoms with Crippen LogP contribution in [0.15, 0.2) is 42.5 Å². The molecule has 2 rings (SSSR count). The highest BCUT2D eigenvalue weighted by Crippen LogP contribution is 2.28. The number of unbranched alkanes of at least 4 members (excludes halogenated alkanes) is 1. The Morgan fingerprint density at radius 3 is 2.64 bits per heavy atom. The van der Waals surface area contributed by atoms with Crippen molar-refractivity contribution in [1.82, 2.24) is 4.90 Å². The molecule has 0 radical (unpaired) electrons. The summed E-state index contributed by atoms with van der Waals surface area (Å²) in [6.07, 6.45) is 7.99. The topological polar surface area (TPSA) is 55.8 Å². The molecule has 2 atom stereocenters. The smallest absolute Gasteiger partial charge is 0.411 e. The van der Waals surface area contributed by atoms with Gasteiger partial charge in [0, 0.05) is 6.04 Å². The normalized spacial score (nSPS) is 20.0. The minimum absolute atomic E-state index is 0.0273. The summed E-state index contributed by atoms with van der Waals surface area (Å²) in [5.74, 6) is -0.378. The van der Waals surface area contributed by atoms with Crippen molar-refractivity contribution in [2.45, 2.75) is 57.7 Å². The molecule has 1 aliphatic rings. The van der Waals surface area contributed by atoms with Gasteiger partial charge in [-0.05, 0) is 31.2 Å². The second-order valence-electron chi connectivity index (χ2n) is 6.21. The van der Waals surface area contributed by atoms with Crippen LogP contribution in [0.25, 0.3) is 0 Å². The van der Waals surface area contributed by atoms with Crippen molar-refractivity contribution in [3.63, 3.8) is 0 Å². The van der Waals surface area contributed by atoms with Crippen molar-refractivity contribution < 1.29 is 19.1 Å². The number of amides is 1. The van der Waals surface area contributed by atoms with E-state index in [4.69, 9.17) is 9.47 Å². The molecule has 0 N–H and O–H groups in total. The van der Waals surface area contributed by atoms with E-state index in [-0.39, 0.29) is 18.6 Å². The number of allylic oxidation sites excluding steroid dienone is 1. The summed E-state index contributed by atoms with van der Waals surface area (Å²) < 4.78 is 10.3. The van der Waals surface area contributed by atoms with E-state index in [1.54, 1.807) is 4.90 Å². The van der Waals surface area contributed by atoms with Gasteiger partial charge in [0.25, 0.3) is 0 Å². The van der Waals surface area contributed by atoms with Gasteiger partial charge < -0.3 is 9.47 Å². The van der Waals surface area contributed by atoms with Gasteiger partial charge in [0.15, 0.2) is 0 Å². The van der Waals surface area contributed by atoms with Crippen molar-refractivity contribution in [1.29, 1.82) is 0 Å². The summed E-state index contributed by atoms with van der Waals surface area (Å²) in [6, 6.07) is 8.94. The molecule has 1 aromatic carbocycles. The van der Waals surface area contributed by atoms with Crippen LogP contribution in [0, 0.1) is 0 Å². The first-order chi connectivity index (χ1) is 12.2. The van der Waals surface area contributed by atoms with Gasteiger partial charge in [-0.25, -0.2) is 9.59 Å². The first kappa shape index (κ1) is 19.0. The molecule has 1 saturated heterocycles. The number of esters is 1. The maximum atomic E-state index is 12.6. The number of ether oxygens (including phenoxy) is 2. The Balaban J connectivity index is 2.02. The Labute approximate surface area is 149 Å². The van der Waals surface area contributed by atoms with Crippen LogP contribution in [0.1, 0.15) is 44.6 Å². The first-order valence-corrected chi connectivity index (χ1v) is 8.89. The van der Waals surface area contributed by atoms with Crippen LogP contribution in [-0.4, -0.2) is 36.2 Å². The summed E-state index contributed by atoms with van der Waals surface area (Å²) in [5.41, 5.74) is 0.920. The van der Waals surface area contributed by atoms with Crippen molar-refractivity contribution >= 4 is 12.1 Å². The minimum Gasteiger partial charge on any atom is -0.467 e. The van der Waals surface area contributed by atoms with E-state index in [0.29, 0.717) is 6.42 Å². The van der Waals surface area contributed by atoms with Crippen LogP contribution in [0.2, 0.25) is 0 Å². The van der Waals surface area contributed by atoms with E-state index in [1.807, 2.05) is 30.3 Å². The molecule has 0 spiro atoms. The summed E-state index contributed by atoms with van der Waals surface area (Å²) in [4.78, 5) is 26.2. The summed E-state index contributed by atoms with van der Waals surface area (Å²) in [7, 11) is 1.35. The molecule has 1 fully saturated rings. The Bertz CT molecular complexity index is 585. The third-order valence-corrected chi connectivity index (χ3v) is 4.42. The fraction of sp³-hybridized carbons (Fsp3) is 0.500. The van der Waals surface area contributed by atoms with Crippen molar-refractivity contribution in [3.8, 4) is 0 Å². The van der Waals surface area contributed by atoms with Crippen LogP contribution in [0.4, 0.5) is 4.79 Å². The molecule has 25 heavy (non-hydrogen) atoms. The van der Waals surface area contributed by atoms with Gasteiger partial charge in [-0.3, -0.25) is 4.90 Å². The molecule has 136 valence electrons. The minimum atomic E-state index is -0.558. The lowest BCUT2D eigenvalue weighted by atomic mass is 10.1. The van der Waals surface area contributed by atoms with E-state index >= 15 is 0 Å². The molecule has 1 aliphatic heterocycles. The number of rotatable bonds is 7. The van der Waals surface area contributed by atoms with E-state index < -0.39 is 12.1 Å². The Morgan fingerprint density at radius 1 is 1.20 bits per heavy atom.